The molecule has 94 valence electrons. The second-order valence-corrected chi connectivity index (χ2v) is 5.43. The summed E-state index contributed by atoms with van der Waals surface area (Å²) in [5.74, 6) is 0.597. The third-order valence-electron chi connectivity index (χ3n) is 3.81. The van der Waals surface area contributed by atoms with Crippen LogP contribution < -0.4 is 0 Å². The van der Waals surface area contributed by atoms with Gasteiger partial charge in [0.1, 0.15) is 6.61 Å². The Balaban J connectivity index is 2.84. The van der Waals surface area contributed by atoms with E-state index in [0.717, 1.165) is 19.3 Å². The van der Waals surface area contributed by atoms with Crippen molar-refractivity contribution >= 4 is 6.09 Å². The minimum atomic E-state index is -0.128. The predicted octanol–water partition coefficient (Wildman–Crippen LogP) is 3.43. The van der Waals surface area contributed by atoms with Crippen molar-refractivity contribution in [3.05, 3.63) is 0 Å². The second-order valence-electron chi connectivity index (χ2n) is 5.43. The van der Waals surface area contributed by atoms with Crippen LogP contribution in [0.3, 0.4) is 0 Å². The quantitative estimate of drug-likeness (QED) is 0.720. The Labute approximate surface area is 99.1 Å². The first-order chi connectivity index (χ1) is 7.44. The lowest BCUT2D eigenvalue weighted by Gasteiger charge is -2.39. The Hall–Kier alpha value is -0.730. The molecule has 1 fully saturated rings. The first-order valence-corrected chi connectivity index (χ1v) is 6.40. The van der Waals surface area contributed by atoms with Crippen LogP contribution in [0.2, 0.25) is 0 Å². The predicted molar refractivity (Wildman–Crippen MR) is 65.4 cm³/mol. The number of amides is 1. The highest BCUT2D eigenvalue weighted by molar-refractivity contribution is 5.71. The molecule has 0 aromatic rings. The molecule has 16 heavy (non-hydrogen) atoms. The molecule has 1 unspecified atom stereocenters. The lowest BCUT2D eigenvalue weighted by atomic mass is 9.90. The maximum atomic E-state index is 11.8. The topological polar surface area (TPSA) is 29.5 Å². The highest BCUT2D eigenvalue weighted by Crippen LogP contribution is 2.32. The summed E-state index contributed by atoms with van der Waals surface area (Å²) < 4.78 is 5.22. The van der Waals surface area contributed by atoms with E-state index >= 15 is 0 Å². The second kappa shape index (κ2) is 5.07. The monoisotopic (exact) mass is 227 g/mol. The molecule has 0 aromatic heterocycles. The van der Waals surface area contributed by atoms with E-state index in [2.05, 4.69) is 34.6 Å². The number of hydrogen-bond donors (Lipinski definition) is 0. The van der Waals surface area contributed by atoms with Gasteiger partial charge in [-0.25, -0.2) is 4.79 Å². The molecule has 1 aliphatic heterocycles. The van der Waals surface area contributed by atoms with Gasteiger partial charge in [0.15, 0.2) is 0 Å². The highest BCUT2D eigenvalue weighted by atomic mass is 16.6. The zero-order valence-corrected chi connectivity index (χ0v) is 11.2. The molecular formula is C13H25NO2. The Kier molecular flexibility index (Phi) is 4.22. The molecule has 0 radical (unpaired) electrons. The molecule has 0 spiro atoms. The molecule has 1 aliphatic rings. The summed E-state index contributed by atoms with van der Waals surface area (Å²) in [6, 6.07) is 0.261. The molecule has 0 N–H and O–H groups in total. The Morgan fingerprint density at radius 1 is 1.44 bits per heavy atom. The molecule has 3 heteroatoms. The van der Waals surface area contributed by atoms with Crippen molar-refractivity contribution in [1.82, 2.24) is 4.90 Å². The van der Waals surface area contributed by atoms with Crippen LogP contribution >= 0.6 is 0 Å². The highest BCUT2D eigenvalue weighted by Gasteiger charge is 2.43. The molecule has 0 aromatic carbocycles. The Morgan fingerprint density at radius 2 is 2.00 bits per heavy atom. The SMILES string of the molecule is CCC(C)(CC)N1C(=O)OCC1CC(C)C. The molecule has 1 rings (SSSR count). The van der Waals surface area contributed by atoms with Gasteiger partial charge in [0.05, 0.1) is 6.04 Å². The number of rotatable bonds is 5. The maximum absolute atomic E-state index is 11.8. The van der Waals surface area contributed by atoms with Crippen molar-refractivity contribution in [2.24, 2.45) is 5.92 Å². The Bertz CT molecular complexity index is 246. The van der Waals surface area contributed by atoms with Gasteiger partial charge >= 0.3 is 6.09 Å². The Morgan fingerprint density at radius 3 is 2.44 bits per heavy atom. The van der Waals surface area contributed by atoms with Crippen molar-refractivity contribution in [2.45, 2.75) is 65.5 Å². The number of carbonyl (C=O) groups excluding carboxylic acids is 1. The van der Waals surface area contributed by atoms with Crippen molar-refractivity contribution in [1.29, 1.82) is 0 Å². The minimum Gasteiger partial charge on any atom is -0.447 e. The van der Waals surface area contributed by atoms with Crippen molar-refractivity contribution in [2.75, 3.05) is 6.61 Å². The summed E-state index contributed by atoms with van der Waals surface area (Å²) in [6.45, 7) is 11.4. The lowest BCUT2D eigenvalue weighted by Crippen LogP contribution is -2.50. The number of carbonyl (C=O) groups is 1. The van der Waals surface area contributed by atoms with Crippen LogP contribution in [0.15, 0.2) is 0 Å². The van der Waals surface area contributed by atoms with Crippen molar-refractivity contribution in [3.8, 4) is 0 Å². The number of hydrogen-bond acceptors (Lipinski definition) is 2. The number of ether oxygens (including phenoxy) is 1. The van der Waals surface area contributed by atoms with Gasteiger partial charge in [0.25, 0.3) is 0 Å². The summed E-state index contributed by atoms with van der Waals surface area (Å²) in [6.07, 6.45) is 2.86. The summed E-state index contributed by atoms with van der Waals surface area (Å²) in [4.78, 5) is 13.8. The van der Waals surface area contributed by atoms with E-state index in [4.69, 9.17) is 4.74 Å². The van der Waals surface area contributed by atoms with Crippen LogP contribution in [0.1, 0.15) is 53.9 Å². The van der Waals surface area contributed by atoms with Crippen molar-refractivity contribution in [3.63, 3.8) is 0 Å². The average Bonchev–Trinajstić information content (AvgIpc) is 2.58. The molecule has 0 aliphatic carbocycles. The van der Waals surface area contributed by atoms with E-state index in [-0.39, 0.29) is 17.7 Å². The van der Waals surface area contributed by atoms with Crippen molar-refractivity contribution < 1.29 is 9.53 Å². The van der Waals surface area contributed by atoms with Crippen LogP contribution in [0.25, 0.3) is 0 Å². The summed E-state index contributed by atoms with van der Waals surface area (Å²) in [7, 11) is 0. The van der Waals surface area contributed by atoms with Gasteiger partial charge in [0, 0.05) is 5.54 Å². The largest absolute Gasteiger partial charge is 0.447 e. The van der Waals surface area contributed by atoms with E-state index in [9.17, 15) is 4.79 Å². The van der Waals surface area contributed by atoms with E-state index in [0.29, 0.717) is 12.5 Å². The van der Waals surface area contributed by atoms with Gasteiger partial charge in [-0.1, -0.05) is 27.7 Å². The van der Waals surface area contributed by atoms with Crippen LogP contribution in [-0.2, 0) is 4.74 Å². The summed E-state index contributed by atoms with van der Waals surface area (Å²) in [5.41, 5.74) is -0.0485. The molecule has 3 nitrogen and oxygen atoms in total. The van der Waals surface area contributed by atoms with Gasteiger partial charge in [-0.2, -0.15) is 0 Å². The summed E-state index contributed by atoms with van der Waals surface area (Å²) in [5, 5.41) is 0. The van der Waals surface area contributed by atoms with Crippen LogP contribution in [0.5, 0.6) is 0 Å². The van der Waals surface area contributed by atoms with Gasteiger partial charge in [0.2, 0.25) is 0 Å². The van der Waals surface area contributed by atoms with Crippen LogP contribution in [0, 0.1) is 5.92 Å². The van der Waals surface area contributed by atoms with E-state index in [1.54, 1.807) is 0 Å². The standard InChI is InChI=1S/C13H25NO2/c1-6-13(5,7-2)14-11(8-10(3)4)9-16-12(14)15/h10-11H,6-9H2,1-5H3. The molecule has 0 bridgehead atoms. The van der Waals surface area contributed by atoms with Gasteiger partial charge < -0.3 is 4.74 Å². The molecule has 1 atom stereocenters. The molecule has 1 saturated heterocycles. The van der Waals surface area contributed by atoms with E-state index in [1.807, 2.05) is 4.90 Å². The first kappa shape index (κ1) is 13.3. The van der Waals surface area contributed by atoms with Gasteiger partial charge in [-0.15, -0.1) is 0 Å². The van der Waals surface area contributed by atoms with Crippen LogP contribution in [-0.4, -0.2) is 29.2 Å². The zero-order valence-electron chi connectivity index (χ0n) is 11.2. The van der Waals surface area contributed by atoms with E-state index in [1.165, 1.54) is 0 Å². The van der Waals surface area contributed by atoms with Gasteiger partial charge in [-0.05, 0) is 32.1 Å². The molecule has 1 heterocycles. The first-order valence-electron chi connectivity index (χ1n) is 6.40. The third kappa shape index (κ3) is 2.50. The molecular weight excluding hydrogens is 202 g/mol. The number of cyclic esters (lactones) is 1. The fraction of sp³-hybridized carbons (Fsp3) is 0.923. The maximum Gasteiger partial charge on any atom is 0.410 e. The summed E-state index contributed by atoms with van der Waals surface area (Å²) >= 11 is 0. The minimum absolute atomic E-state index is 0.0485. The van der Waals surface area contributed by atoms with Crippen LogP contribution in [0.4, 0.5) is 4.79 Å². The molecule has 0 saturated carbocycles. The number of nitrogens with zero attached hydrogens (tertiary/aromatic N) is 1. The fourth-order valence-electron chi connectivity index (χ4n) is 2.43. The normalized spacial score (nSPS) is 21.8. The zero-order chi connectivity index (χ0) is 12.3. The molecule has 1 amide bonds. The third-order valence-corrected chi connectivity index (χ3v) is 3.81. The smallest absolute Gasteiger partial charge is 0.410 e. The average molecular weight is 227 g/mol. The van der Waals surface area contributed by atoms with E-state index < -0.39 is 0 Å². The van der Waals surface area contributed by atoms with Gasteiger partial charge in [-0.3, -0.25) is 4.90 Å². The fourth-order valence-corrected chi connectivity index (χ4v) is 2.43. The lowest BCUT2D eigenvalue weighted by molar-refractivity contribution is 0.0922.